The van der Waals surface area contributed by atoms with Crippen LogP contribution in [0.25, 0.3) is 11.2 Å². The second-order valence-electron chi connectivity index (χ2n) is 8.24. The van der Waals surface area contributed by atoms with E-state index in [0.29, 0.717) is 29.5 Å². The number of imidazole rings is 1. The lowest BCUT2D eigenvalue weighted by Gasteiger charge is -2.34. The third-order valence-corrected chi connectivity index (χ3v) is 5.86. The number of H-pyrrole nitrogens is 1. The van der Waals surface area contributed by atoms with E-state index in [4.69, 9.17) is 5.73 Å². The Labute approximate surface area is 179 Å². The van der Waals surface area contributed by atoms with E-state index < -0.39 is 0 Å². The summed E-state index contributed by atoms with van der Waals surface area (Å²) in [4.78, 5) is 29.2. The molecule has 0 aromatic carbocycles. The van der Waals surface area contributed by atoms with Gasteiger partial charge in [-0.15, -0.1) is 0 Å². The molecule has 3 heterocycles. The number of piperazine rings is 1. The summed E-state index contributed by atoms with van der Waals surface area (Å²) in [6.45, 7) is 12.8. The number of nitrogens with two attached hydrogens (primary N) is 1. The van der Waals surface area contributed by atoms with E-state index in [0.717, 1.165) is 51.9 Å². The van der Waals surface area contributed by atoms with Gasteiger partial charge in [0.1, 0.15) is 5.52 Å². The zero-order valence-corrected chi connectivity index (χ0v) is 18.6. The highest BCUT2D eigenvalue weighted by Crippen LogP contribution is 2.17. The molecule has 0 amide bonds. The van der Waals surface area contributed by atoms with Crippen molar-refractivity contribution in [3.8, 4) is 0 Å². The predicted molar refractivity (Wildman–Crippen MR) is 123 cm³/mol. The van der Waals surface area contributed by atoms with Crippen molar-refractivity contribution in [1.29, 1.82) is 0 Å². The van der Waals surface area contributed by atoms with Crippen LogP contribution in [0, 0.1) is 0 Å². The quantitative estimate of drug-likeness (QED) is 0.453. The van der Waals surface area contributed by atoms with Gasteiger partial charge in [-0.1, -0.05) is 26.7 Å². The summed E-state index contributed by atoms with van der Waals surface area (Å²) in [5.41, 5.74) is 7.01. The second kappa shape index (κ2) is 11.3. The van der Waals surface area contributed by atoms with Crippen molar-refractivity contribution in [1.82, 2.24) is 29.3 Å². The highest BCUT2D eigenvalue weighted by atomic mass is 16.1. The van der Waals surface area contributed by atoms with Crippen molar-refractivity contribution in [3.63, 3.8) is 0 Å². The first-order valence-electron chi connectivity index (χ1n) is 11.6. The van der Waals surface area contributed by atoms with E-state index in [-0.39, 0.29) is 5.69 Å². The highest BCUT2D eigenvalue weighted by Gasteiger charge is 2.16. The number of hydrogen-bond donors (Lipinski definition) is 3. The first-order chi connectivity index (χ1) is 14.6. The van der Waals surface area contributed by atoms with Crippen LogP contribution in [0.1, 0.15) is 52.4 Å². The van der Waals surface area contributed by atoms with Crippen molar-refractivity contribution in [2.24, 2.45) is 0 Å². The topological polar surface area (TPSA) is 108 Å². The number of nitrogens with zero attached hydrogens (tertiary/aromatic N) is 5. The van der Waals surface area contributed by atoms with Crippen LogP contribution >= 0.6 is 0 Å². The Balaban J connectivity index is 1.51. The van der Waals surface area contributed by atoms with Gasteiger partial charge in [0.2, 0.25) is 5.95 Å². The molecule has 0 saturated carbocycles. The Kier molecular flexibility index (Phi) is 8.50. The van der Waals surface area contributed by atoms with Crippen LogP contribution in [-0.2, 0) is 6.54 Å². The minimum Gasteiger partial charge on any atom is -0.382 e. The Morgan fingerprint density at radius 2 is 1.57 bits per heavy atom. The van der Waals surface area contributed by atoms with Gasteiger partial charge in [-0.05, 0) is 38.8 Å². The number of fused-ring (bicyclic) bond motifs is 1. The number of rotatable bonds is 12. The summed E-state index contributed by atoms with van der Waals surface area (Å²) in [5.74, 6) is 0.804. The van der Waals surface area contributed by atoms with Gasteiger partial charge < -0.3 is 25.8 Å². The van der Waals surface area contributed by atoms with Gasteiger partial charge in [0, 0.05) is 39.3 Å². The van der Waals surface area contributed by atoms with Crippen LogP contribution in [-0.4, -0.2) is 75.1 Å². The highest BCUT2D eigenvalue weighted by molar-refractivity contribution is 5.82. The van der Waals surface area contributed by atoms with Crippen molar-refractivity contribution in [2.45, 2.75) is 58.9 Å². The van der Waals surface area contributed by atoms with E-state index in [2.05, 4.69) is 43.9 Å². The summed E-state index contributed by atoms with van der Waals surface area (Å²) >= 11 is 0. The largest absolute Gasteiger partial charge is 0.382 e. The first kappa shape index (κ1) is 22.6. The van der Waals surface area contributed by atoms with E-state index in [1.165, 1.54) is 32.5 Å². The number of anilines is 2. The lowest BCUT2D eigenvalue weighted by atomic mass is 10.2. The molecule has 9 heteroatoms. The minimum absolute atomic E-state index is 0.166. The summed E-state index contributed by atoms with van der Waals surface area (Å²) in [6, 6.07) is 0. The minimum atomic E-state index is -0.166. The molecule has 0 unspecified atom stereocenters. The monoisotopic (exact) mass is 418 g/mol. The van der Waals surface area contributed by atoms with E-state index in [9.17, 15) is 4.79 Å². The van der Waals surface area contributed by atoms with Crippen molar-refractivity contribution >= 4 is 22.9 Å². The fourth-order valence-electron chi connectivity index (χ4n) is 3.94. The van der Waals surface area contributed by atoms with Crippen molar-refractivity contribution in [3.05, 3.63) is 10.5 Å². The van der Waals surface area contributed by atoms with Crippen LogP contribution in [0.5, 0.6) is 0 Å². The molecule has 30 heavy (non-hydrogen) atoms. The molecule has 1 aliphatic heterocycles. The van der Waals surface area contributed by atoms with Crippen LogP contribution in [0.4, 0.5) is 11.8 Å². The fraction of sp³-hybridized carbons (Fsp3) is 0.762. The maximum atomic E-state index is 12.4. The number of unbranched alkanes of at least 4 members (excludes halogenated alkanes) is 3. The maximum Gasteiger partial charge on any atom is 0.327 e. The molecule has 2 aromatic rings. The third-order valence-electron chi connectivity index (χ3n) is 5.86. The average molecular weight is 419 g/mol. The standard InChI is InChI=1S/C21H38N8O/c1-3-5-9-23-20-25-18(22)17-19(26-20)29(21(30)24-17)12-8-7-11-28-15-13-27(14-16-28)10-6-4-2/h3-16H2,1-2H3,(H,24,30)(H3,22,23,25,26). The molecule has 0 spiro atoms. The van der Waals surface area contributed by atoms with E-state index in [1.54, 1.807) is 4.57 Å². The molecule has 0 bridgehead atoms. The number of aromatic amines is 1. The zero-order chi connectivity index (χ0) is 21.3. The smallest absolute Gasteiger partial charge is 0.327 e. The number of aromatic nitrogens is 4. The van der Waals surface area contributed by atoms with Gasteiger partial charge in [-0.2, -0.15) is 9.97 Å². The molecule has 4 N–H and O–H groups in total. The lowest BCUT2D eigenvalue weighted by Crippen LogP contribution is -2.46. The van der Waals surface area contributed by atoms with Gasteiger partial charge >= 0.3 is 5.69 Å². The molecule has 1 saturated heterocycles. The van der Waals surface area contributed by atoms with E-state index in [1.807, 2.05) is 0 Å². The number of nitrogen functional groups attached to an aromatic ring is 1. The number of aryl methyl sites for hydroxylation is 1. The van der Waals surface area contributed by atoms with Gasteiger partial charge in [-0.3, -0.25) is 4.57 Å². The van der Waals surface area contributed by atoms with Gasteiger partial charge in [0.15, 0.2) is 11.5 Å². The number of nitrogens with one attached hydrogen (secondary N) is 2. The molecule has 168 valence electrons. The molecule has 0 aliphatic carbocycles. The molecule has 2 aromatic heterocycles. The molecule has 0 radical (unpaired) electrons. The molecular formula is C21H38N8O. The summed E-state index contributed by atoms with van der Waals surface area (Å²) in [6.07, 6.45) is 6.69. The van der Waals surface area contributed by atoms with Crippen LogP contribution < -0.4 is 16.7 Å². The summed E-state index contributed by atoms with van der Waals surface area (Å²) < 4.78 is 1.70. The van der Waals surface area contributed by atoms with Crippen molar-refractivity contribution in [2.75, 3.05) is 56.9 Å². The molecule has 1 aliphatic rings. The maximum absolute atomic E-state index is 12.4. The van der Waals surface area contributed by atoms with Gasteiger partial charge in [-0.25, -0.2) is 4.79 Å². The third kappa shape index (κ3) is 5.95. The molecule has 3 rings (SSSR count). The number of hydrogen-bond acceptors (Lipinski definition) is 7. The van der Waals surface area contributed by atoms with Gasteiger partial charge in [0.05, 0.1) is 0 Å². The molecule has 0 atom stereocenters. The molecular weight excluding hydrogens is 380 g/mol. The second-order valence-corrected chi connectivity index (χ2v) is 8.24. The van der Waals surface area contributed by atoms with Crippen LogP contribution in [0.3, 0.4) is 0 Å². The van der Waals surface area contributed by atoms with Crippen LogP contribution in [0.15, 0.2) is 4.79 Å². The zero-order valence-electron chi connectivity index (χ0n) is 18.6. The van der Waals surface area contributed by atoms with Gasteiger partial charge in [0.25, 0.3) is 0 Å². The SMILES string of the molecule is CCCCNc1nc(N)c2[nH]c(=O)n(CCCCN3CCN(CCCC)CC3)c2n1. The Bertz CT molecular complexity index is 837. The average Bonchev–Trinajstić information content (AvgIpc) is 3.06. The molecule has 1 fully saturated rings. The molecule has 9 nitrogen and oxygen atoms in total. The normalized spacial score (nSPS) is 15.8. The summed E-state index contributed by atoms with van der Waals surface area (Å²) in [7, 11) is 0. The Hall–Kier alpha value is -2.13. The lowest BCUT2D eigenvalue weighted by molar-refractivity contribution is 0.129. The first-order valence-corrected chi connectivity index (χ1v) is 11.6. The predicted octanol–water partition coefficient (Wildman–Crippen LogP) is 2.11. The summed E-state index contributed by atoms with van der Waals surface area (Å²) in [5, 5.41) is 3.20. The van der Waals surface area contributed by atoms with Crippen LogP contribution in [0.2, 0.25) is 0 Å². The van der Waals surface area contributed by atoms with E-state index >= 15 is 0 Å². The van der Waals surface area contributed by atoms with Crippen molar-refractivity contribution < 1.29 is 0 Å². The Morgan fingerprint density at radius 1 is 0.933 bits per heavy atom. The Morgan fingerprint density at radius 3 is 2.23 bits per heavy atom. The fourth-order valence-corrected chi connectivity index (χ4v) is 3.94.